The van der Waals surface area contributed by atoms with Crippen molar-refractivity contribution in [3.05, 3.63) is 12.0 Å². The number of piperidine rings is 2. The first-order chi connectivity index (χ1) is 14.1. The molecule has 4 rings (SSSR count). The number of aromatic nitrogens is 3. The van der Waals surface area contributed by atoms with Gasteiger partial charge in [-0.15, -0.1) is 0 Å². The summed E-state index contributed by atoms with van der Waals surface area (Å²) in [5.41, 5.74) is 1.33. The molecule has 1 atom stereocenters. The van der Waals surface area contributed by atoms with Gasteiger partial charge in [0.05, 0.1) is 5.69 Å². The van der Waals surface area contributed by atoms with Crippen LogP contribution in [0.2, 0.25) is 0 Å². The van der Waals surface area contributed by atoms with Crippen LogP contribution < -0.4 is 10.2 Å². The van der Waals surface area contributed by atoms with Crippen molar-refractivity contribution in [1.82, 2.24) is 25.3 Å². The molecule has 2 aliphatic rings. The topological polar surface area (TPSA) is 87.4 Å². The number of carbonyl (C=O) groups excluding carboxylic acids is 1. The zero-order chi connectivity index (χ0) is 20.2. The number of fused-ring (bicyclic) bond motifs is 1. The normalized spacial score (nSPS) is 21.6. The molecule has 8 heteroatoms. The summed E-state index contributed by atoms with van der Waals surface area (Å²) in [5, 5.41) is 8.04. The lowest BCUT2D eigenvalue weighted by atomic mass is 9.95. The molecule has 158 valence electrons. The number of likely N-dealkylation sites (tertiary alicyclic amines) is 1. The monoisotopic (exact) mass is 400 g/mol. The largest absolute Gasteiger partial charge is 0.356 e. The predicted octanol–water partition coefficient (Wildman–Crippen LogP) is 2.52. The number of rotatable bonds is 6. The SMILES string of the molecule is Cc1noc2ncnc(N3CCC(C(=O)NCCCN4CCCC[C@@H]4C)CC3)c12. The van der Waals surface area contributed by atoms with Gasteiger partial charge in [-0.25, -0.2) is 4.98 Å². The Bertz CT molecular complexity index is 830. The number of amides is 1. The van der Waals surface area contributed by atoms with Gasteiger partial charge in [-0.05, 0) is 52.5 Å². The van der Waals surface area contributed by atoms with Crippen LogP contribution >= 0.6 is 0 Å². The summed E-state index contributed by atoms with van der Waals surface area (Å²) in [6.07, 6.45) is 8.19. The van der Waals surface area contributed by atoms with E-state index in [-0.39, 0.29) is 11.8 Å². The predicted molar refractivity (Wildman–Crippen MR) is 112 cm³/mol. The van der Waals surface area contributed by atoms with Gasteiger partial charge in [0.25, 0.3) is 5.71 Å². The minimum Gasteiger partial charge on any atom is -0.356 e. The molecule has 2 aliphatic heterocycles. The van der Waals surface area contributed by atoms with Crippen molar-refractivity contribution in [2.24, 2.45) is 5.92 Å². The number of anilines is 1. The number of nitrogens with zero attached hydrogens (tertiary/aromatic N) is 5. The summed E-state index contributed by atoms with van der Waals surface area (Å²) < 4.78 is 5.25. The van der Waals surface area contributed by atoms with Crippen molar-refractivity contribution < 1.29 is 9.32 Å². The smallest absolute Gasteiger partial charge is 0.263 e. The lowest BCUT2D eigenvalue weighted by molar-refractivity contribution is -0.125. The molecule has 4 heterocycles. The van der Waals surface area contributed by atoms with Gasteiger partial charge in [-0.3, -0.25) is 4.79 Å². The molecule has 2 saturated heterocycles. The molecule has 0 saturated carbocycles. The lowest BCUT2D eigenvalue weighted by Gasteiger charge is -2.33. The average Bonchev–Trinajstić information content (AvgIpc) is 3.13. The highest BCUT2D eigenvalue weighted by molar-refractivity contribution is 5.88. The Morgan fingerprint density at radius 1 is 1.21 bits per heavy atom. The van der Waals surface area contributed by atoms with Crippen LogP contribution in [-0.4, -0.2) is 64.7 Å². The van der Waals surface area contributed by atoms with E-state index < -0.39 is 0 Å². The van der Waals surface area contributed by atoms with Crippen LogP contribution in [0.25, 0.3) is 11.1 Å². The molecular weight excluding hydrogens is 368 g/mol. The summed E-state index contributed by atoms with van der Waals surface area (Å²) in [6.45, 7) is 8.90. The molecule has 1 N–H and O–H groups in total. The van der Waals surface area contributed by atoms with Crippen LogP contribution in [0, 0.1) is 12.8 Å². The maximum atomic E-state index is 12.6. The molecule has 1 amide bonds. The third kappa shape index (κ3) is 4.52. The Kier molecular flexibility index (Phi) is 6.28. The summed E-state index contributed by atoms with van der Waals surface area (Å²) in [4.78, 5) is 26.0. The van der Waals surface area contributed by atoms with Crippen molar-refractivity contribution in [1.29, 1.82) is 0 Å². The van der Waals surface area contributed by atoms with Crippen molar-refractivity contribution in [3.8, 4) is 0 Å². The highest BCUT2D eigenvalue weighted by atomic mass is 16.5. The van der Waals surface area contributed by atoms with Crippen LogP contribution in [0.3, 0.4) is 0 Å². The molecule has 0 radical (unpaired) electrons. The van der Waals surface area contributed by atoms with Gasteiger partial charge in [-0.2, -0.15) is 4.98 Å². The third-order valence-corrected chi connectivity index (χ3v) is 6.45. The first-order valence-electron chi connectivity index (χ1n) is 11.0. The number of hydrogen-bond acceptors (Lipinski definition) is 7. The highest BCUT2D eigenvalue weighted by Gasteiger charge is 2.27. The average molecular weight is 401 g/mol. The Balaban J connectivity index is 1.23. The van der Waals surface area contributed by atoms with Crippen LogP contribution in [-0.2, 0) is 4.79 Å². The lowest BCUT2D eigenvalue weighted by Crippen LogP contribution is -2.42. The second-order valence-corrected chi connectivity index (χ2v) is 8.43. The van der Waals surface area contributed by atoms with Gasteiger partial charge >= 0.3 is 0 Å². The molecule has 0 unspecified atom stereocenters. The number of nitrogens with one attached hydrogen (secondary N) is 1. The van der Waals surface area contributed by atoms with Gasteiger partial charge in [0.2, 0.25) is 5.91 Å². The van der Waals surface area contributed by atoms with Gasteiger partial charge in [0, 0.05) is 38.1 Å². The van der Waals surface area contributed by atoms with Gasteiger partial charge in [0.15, 0.2) is 0 Å². The Labute approximate surface area is 172 Å². The summed E-state index contributed by atoms with van der Waals surface area (Å²) >= 11 is 0. The minimum atomic E-state index is 0.0843. The second-order valence-electron chi connectivity index (χ2n) is 8.43. The standard InChI is InChI=1S/C21H32N6O2/c1-15-6-3-4-10-26(15)11-5-9-22-20(28)17-7-12-27(13-8-17)19-18-16(2)25-29-21(18)24-14-23-19/h14-15,17H,3-13H2,1-2H3,(H,22,28)/t15-/m0/s1. The summed E-state index contributed by atoms with van der Waals surface area (Å²) in [6, 6.07) is 0.686. The molecule has 2 aromatic rings. The zero-order valence-corrected chi connectivity index (χ0v) is 17.6. The summed E-state index contributed by atoms with van der Waals surface area (Å²) in [7, 11) is 0. The van der Waals surface area contributed by atoms with Crippen molar-refractivity contribution in [2.75, 3.05) is 37.6 Å². The van der Waals surface area contributed by atoms with Crippen molar-refractivity contribution in [3.63, 3.8) is 0 Å². The molecule has 8 nitrogen and oxygen atoms in total. The van der Waals surface area contributed by atoms with Gasteiger partial charge in [-0.1, -0.05) is 11.6 Å². The molecule has 0 aliphatic carbocycles. The molecule has 2 aromatic heterocycles. The fourth-order valence-corrected chi connectivity index (χ4v) is 4.62. The quantitative estimate of drug-likeness (QED) is 0.746. The van der Waals surface area contributed by atoms with Gasteiger partial charge < -0.3 is 19.6 Å². The van der Waals surface area contributed by atoms with E-state index in [2.05, 4.69) is 37.2 Å². The van der Waals surface area contributed by atoms with Crippen LogP contribution in [0.5, 0.6) is 0 Å². The van der Waals surface area contributed by atoms with Crippen molar-refractivity contribution in [2.45, 2.75) is 58.4 Å². The molecule has 2 fully saturated rings. The summed E-state index contributed by atoms with van der Waals surface area (Å²) in [5.74, 6) is 1.15. The number of aryl methyl sites for hydroxylation is 1. The molecule has 0 spiro atoms. The van der Waals surface area contributed by atoms with Crippen molar-refractivity contribution >= 4 is 22.8 Å². The first kappa shape index (κ1) is 20.1. The van der Waals surface area contributed by atoms with E-state index in [9.17, 15) is 4.79 Å². The number of hydrogen-bond donors (Lipinski definition) is 1. The van der Waals surface area contributed by atoms with Gasteiger partial charge in [0.1, 0.15) is 17.5 Å². The van der Waals surface area contributed by atoms with E-state index in [0.717, 1.165) is 62.3 Å². The van der Waals surface area contributed by atoms with E-state index in [0.29, 0.717) is 11.8 Å². The molecule has 0 bridgehead atoms. The molecular formula is C21H32N6O2. The molecule has 29 heavy (non-hydrogen) atoms. The number of carbonyl (C=O) groups is 1. The first-order valence-corrected chi connectivity index (χ1v) is 11.0. The minimum absolute atomic E-state index is 0.0843. The van der Waals surface area contributed by atoms with E-state index in [1.807, 2.05) is 6.92 Å². The van der Waals surface area contributed by atoms with E-state index in [1.54, 1.807) is 0 Å². The van der Waals surface area contributed by atoms with E-state index >= 15 is 0 Å². The maximum absolute atomic E-state index is 12.6. The Morgan fingerprint density at radius 3 is 2.83 bits per heavy atom. The highest BCUT2D eigenvalue weighted by Crippen LogP contribution is 2.29. The Morgan fingerprint density at radius 2 is 2.03 bits per heavy atom. The fraction of sp³-hybridized carbons (Fsp3) is 0.714. The van der Waals surface area contributed by atoms with Crippen LogP contribution in [0.1, 0.15) is 51.1 Å². The van der Waals surface area contributed by atoms with Crippen LogP contribution in [0.4, 0.5) is 5.82 Å². The van der Waals surface area contributed by atoms with E-state index in [1.165, 1.54) is 32.1 Å². The van der Waals surface area contributed by atoms with Crippen LogP contribution in [0.15, 0.2) is 10.9 Å². The fourth-order valence-electron chi connectivity index (χ4n) is 4.62. The third-order valence-electron chi connectivity index (χ3n) is 6.45. The molecule has 0 aromatic carbocycles. The maximum Gasteiger partial charge on any atom is 0.263 e. The second kappa shape index (κ2) is 9.07. The Hall–Kier alpha value is -2.22. The zero-order valence-electron chi connectivity index (χ0n) is 17.6. The van der Waals surface area contributed by atoms with E-state index in [4.69, 9.17) is 4.52 Å².